The SMILES string of the molecule is CC(C)N(Cc1ccccc1)CC1CNC1. The number of hydrogen-bond donors (Lipinski definition) is 1. The minimum atomic E-state index is 0.626. The summed E-state index contributed by atoms with van der Waals surface area (Å²) >= 11 is 0. The molecule has 0 bridgehead atoms. The van der Waals surface area contributed by atoms with Gasteiger partial charge in [-0.1, -0.05) is 30.3 Å². The van der Waals surface area contributed by atoms with E-state index in [2.05, 4.69) is 54.4 Å². The molecule has 1 aromatic carbocycles. The third-order valence-corrected chi connectivity index (χ3v) is 3.32. The topological polar surface area (TPSA) is 15.3 Å². The molecular weight excluding hydrogens is 196 g/mol. The molecule has 0 radical (unpaired) electrons. The maximum atomic E-state index is 3.34. The molecule has 16 heavy (non-hydrogen) atoms. The van der Waals surface area contributed by atoms with Crippen LogP contribution in [0.5, 0.6) is 0 Å². The Labute approximate surface area is 98.7 Å². The Morgan fingerprint density at radius 2 is 1.94 bits per heavy atom. The molecule has 2 nitrogen and oxygen atoms in total. The van der Waals surface area contributed by atoms with Gasteiger partial charge in [-0.3, -0.25) is 4.90 Å². The summed E-state index contributed by atoms with van der Waals surface area (Å²) in [6, 6.07) is 11.4. The van der Waals surface area contributed by atoms with Crippen molar-refractivity contribution in [2.45, 2.75) is 26.4 Å². The van der Waals surface area contributed by atoms with E-state index in [1.54, 1.807) is 0 Å². The molecule has 88 valence electrons. The largest absolute Gasteiger partial charge is 0.316 e. The van der Waals surface area contributed by atoms with Crippen molar-refractivity contribution in [3.05, 3.63) is 35.9 Å². The van der Waals surface area contributed by atoms with Crippen molar-refractivity contribution >= 4 is 0 Å². The fourth-order valence-electron chi connectivity index (χ4n) is 2.09. The van der Waals surface area contributed by atoms with Gasteiger partial charge in [0.25, 0.3) is 0 Å². The van der Waals surface area contributed by atoms with Crippen molar-refractivity contribution in [2.75, 3.05) is 19.6 Å². The van der Waals surface area contributed by atoms with E-state index < -0.39 is 0 Å². The van der Waals surface area contributed by atoms with Gasteiger partial charge < -0.3 is 5.32 Å². The fourth-order valence-corrected chi connectivity index (χ4v) is 2.09. The van der Waals surface area contributed by atoms with Crippen LogP contribution < -0.4 is 5.32 Å². The van der Waals surface area contributed by atoms with Crippen LogP contribution in [-0.2, 0) is 6.54 Å². The summed E-state index contributed by atoms with van der Waals surface area (Å²) in [6.07, 6.45) is 0. The third-order valence-electron chi connectivity index (χ3n) is 3.32. The van der Waals surface area contributed by atoms with Crippen LogP contribution in [0.2, 0.25) is 0 Å². The van der Waals surface area contributed by atoms with Crippen molar-refractivity contribution in [1.29, 1.82) is 0 Å². The minimum Gasteiger partial charge on any atom is -0.316 e. The van der Waals surface area contributed by atoms with E-state index in [-0.39, 0.29) is 0 Å². The highest BCUT2D eigenvalue weighted by molar-refractivity contribution is 5.14. The molecule has 0 aliphatic carbocycles. The molecule has 0 aromatic heterocycles. The summed E-state index contributed by atoms with van der Waals surface area (Å²) in [5.41, 5.74) is 1.42. The Bertz CT molecular complexity index is 304. The lowest BCUT2D eigenvalue weighted by Crippen LogP contribution is -2.49. The lowest BCUT2D eigenvalue weighted by molar-refractivity contribution is 0.152. The molecule has 0 unspecified atom stereocenters. The van der Waals surface area contributed by atoms with E-state index in [9.17, 15) is 0 Å². The fraction of sp³-hybridized carbons (Fsp3) is 0.571. The molecule has 2 rings (SSSR count). The Hall–Kier alpha value is -0.860. The van der Waals surface area contributed by atoms with Crippen molar-refractivity contribution in [3.63, 3.8) is 0 Å². The second-order valence-corrected chi connectivity index (χ2v) is 5.03. The predicted octanol–water partition coefficient (Wildman–Crippen LogP) is 2.12. The lowest BCUT2D eigenvalue weighted by atomic mass is 10.0. The highest BCUT2D eigenvalue weighted by Gasteiger charge is 2.21. The molecular formula is C14H22N2. The smallest absolute Gasteiger partial charge is 0.0236 e. The van der Waals surface area contributed by atoms with Gasteiger partial charge in [0.1, 0.15) is 0 Å². The first-order valence-corrected chi connectivity index (χ1v) is 6.24. The molecule has 0 atom stereocenters. The summed E-state index contributed by atoms with van der Waals surface area (Å²) in [4.78, 5) is 2.57. The number of rotatable bonds is 5. The maximum Gasteiger partial charge on any atom is 0.0236 e. The van der Waals surface area contributed by atoms with Gasteiger partial charge in [-0.05, 0) is 25.3 Å². The van der Waals surface area contributed by atoms with Crippen LogP contribution in [-0.4, -0.2) is 30.6 Å². The van der Waals surface area contributed by atoms with Gasteiger partial charge in [-0.25, -0.2) is 0 Å². The zero-order valence-corrected chi connectivity index (χ0v) is 10.3. The molecule has 1 aliphatic rings. The summed E-state index contributed by atoms with van der Waals surface area (Å²) in [6.45, 7) is 9.26. The monoisotopic (exact) mass is 218 g/mol. The average molecular weight is 218 g/mol. The predicted molar refractivity (Wildman–Crippen MR) is 68.3 cm³/mol. The van der Waals surface area contributed by atoms with Crippen LogP contribution in [0.4, 0.5) is 0 Å². The van der Waals surface area contributed by atoms with Gasteiger partial charge >= 0.3 is 0 Å². The van der Waals surface area contributed by atoms with Crippen molar-refractivity contribution in [3.8, 4) is 0 Å². The second-order valence-electron chi connectivity index (χ2n) is 5.03. The van der Waals surface area contributed by atoms with Gasteiger partial charge in [0.15, 0.2) is 0 Å². The molecule has 0 amide bonds. The molecule has 0 saturated carbocycles. The number of benzene rings is 1. The van der Waals surface area contributed by atoms with Crippen LogP contribution in [0.15, 0.2) is 30.3 Å². The molecule has 2 heteroatoms. The van der Waals surface area contributed by atoms with Crippen LogP contribution >= 0.6 is 0 Å². The molecule has 1 aromatic rings. The van der Waals surface area contributed by atoms with Crippen LogP contribution in [0.3, 0.4) is 0 Å². The average Bonchev–Trinajstić information content (AvgIpc) is 2.22. The molecule has 1 heterocycles. The summed E-state index contributed by atoms with van der Waals surface area (Å²) in [5, 5.41) is 3.34. The number of nitrogens with one attached hydrogen (secondary N) is 1. The molecule has 1 N–H and O–H groups in total. The van der Waals surface area contributed by atoms with E-state index in [1.807, 2.05) is 0 Å². The summed E-state index contributed by atoms with van der Waals surface area (Å²) in [5.74, 6) is 0.853. The van der Waals surface area contributed by atoms with Crippen molar-refractivity contribution < 1.29 is 0 Å². The van der Waals surface area contributed by atoms with E-state index in [0.29, 0.717) is 6.04 Å². The highest BCUT2D eigenvalue weighted by atomic mass is 15.2. The van der Waals surface area contributed by atoms with Crippen LogP contribution in [0.1, 0.15) is 19.4 Å². The number of hydrogen-bond acceptors (Lipinski definition) is 2. The van der Waals surface area contributed by atoms with E-state index in [4.69, 9.17) is 0 Å². The van der Waals surface area contributed by atoms with Gasteiger partial charge in [0, 0.05) is 32.2 Å². The highest BCUT2D eigenvalue weighted by Crippen LogP contribution is 2.13. The van der Waals surface area contributed by atoms with Gasteiger partial charge in [-0.15, -0.1) is 0 Å². The Morgan fingerprint density at radius 3 is 2.44 bits per heavy atom. The molecule has 0 spiro atoms. The first kappa shape index (κ1) is 11.6. The third kappa shape index (κ3) is 3.06. The van der Waals surface area contributed by atoms with Gasteiger partial charge in [0.05, 0.1) is 0 Å². The maximum absolute atomic E-state index is 3.34. The number of nitrogens with zero attached hydrogens (tertiary/aromatic N) is 1. The Balaban J connectivity index is 1.91. The van der Waals surface area contributed by atoms with Crippen LogP contribution in [0.25, 0.3) is 0 Å². The zero-order chi connectivity index (χ0) is 11.4. The Kier molecular flexibility index (Phi) is 3.97. The summed E-state index contributed by atoms with van der Waals surface area (Å²) in [7, 11) is 0. The quantitative estimate of drug-likeness (QED) is 0.814. The molecule has 1 fully saturated rings. The Morgan fingerprint density at radius 1 is 1.25 bits per heavy atom. The van der Waals surface area contributed by atoms with E-state index in [1.165, 1.54) is 25.2 Å². The molecule has 1 saturated heterocycles. The van der Waals surface area contributed by atoms with Gasteiger partial charge in [-0.2, -0.15) is 0 Å². The summed E-state index contributed by atoms with van der Waals surface area (Å²) < 4.78 is 0. The first-order valence-electron chi connectivity index (χ1n) is 6.24. The van der Waals surface area contributed by atoms with E-state index in [0.717, 1.165) is 12.5 Å². The first-order chi connectivity index (χ1) is 7.75. The van der Waals surface area contributed by atoms with Crippen molar-refractivity contribution in [1.82, 2.24) is 10.2 Å². The van der Waals surface area contributed by atoms with Gasteiger partial charge in [0.2, 0.25) is 0 Å². The lowest BCUT2D eigenvalue weighted by Gasteiger charge is -2.35. The second kappa shape index (κ2) is 5.46. The van der Waals surface area contributed by atoms with Crippen molar-refractivity contribution in [2.24, 2.45) is 5.92 Å². The molecule has 1 aliphatic heterocycles. The van der Waals surface area contributed by atoms with Crippen LogP contribution in [0, 0.1) is 5.92 Å². The normalized spacial score (nSPS) is 16.8. The minimum absolute atomic E-state index is 0.626. The zero-order valence-electron chi connectivity index (χ0n) is 10.3. The standard InChI is InChI=1S/C14H22N2/c1-12(2)16(11-14-8-15-9-14)10-13-6-4-3-5-7-13/h3-7,12,14-15H,8-11H2,1-2H3. The van der Waals surface area contributed by atoms with E-state index >= 15 is 0 Å².